The molecule has 2 nitrogen and oxygen atoms in total. The largest absolute Gasteiger partial charge is 0.310 e. The molecule has 1 saturated carbocycles. The Morgan fingerprint density at radius 3 is 2.47 bits per heavy atom. The smallest absolute Gasteiger partial charge is 0.0315 e. The van der Waals surface area contributed by atoms with E-state index in [1.807, 2.05) is 12.4 Å². The summed E-state index contributed by atoms with van der Waals surface area (Å²) in [6, 6.07) is 2.78. The van der Waals surface area contributed by atoms with E-state index in [4.69, 9.17) is 0 Å². The Labute approximate surface area is 118 Å². The lowest BCUT2D eigenvalue weighted by molar-refractivity contribution is 0.160. The highest BCUT2D eigenvalue weighted by Gasteiger charge is 2.29. The van der Waals surface area contributed by atoms with Gasteiger partial charge in [-0.15, -0.1) is 0 Å². The molecule has 0 amide bonds. The molecule has 1 aromatic heterocycles. The van der Waals surface area contributed by atoms with Gasteiger partial charge < -0.3 is 5.32 Å². The number of nitrogens with one attached hydrogen (secondary N) is 1. The summed E-state index contributed by atoms with van der Waals surface area (Å²) in [5.41, 5.74) is 3.15. The van der Waals surface area contributed by atoms with Crippen molar-refractivity contribution < 1.29 is 0 Å². The Morgan fingerprint density at radius 2 is 1.89 bits per heavy atom. The van der Waals surface area contributed by atoms with Crippen LogP contribution in [0.1, 0.15) is 57.6 Å². The summed E-state index contributed by atoms with van der Waals surface area (Å²) in [4.78, 5) is 4.21. The molecule has 2 heteroatoms. The first-order valence-electron chi connectivity index (χ1n) is 7.59. The molecule has 1 aliphatic carbocycles. The number of aromatic nitrogens is 1. The van der Waals surface area contributed by atoms with E-state index in [9.17, 15) is 0 Å². The van der Waals surface area contributed by atoms with Crippen LogP contribution in [0.25, 0.3) is 0 Å². The van der Waals surface area contributed by atoms with Crippen LogP contribution in [-0.4, -0.2) is 11.0 Å². The van der Waals surface area contributed by atoms with Crippen LogP contribution in [0.2, 0.25) is 0 Å². The van der Waals surface area contributed by atoms with Crippen molar-refractivity contribution in [2.75, 3.05) is 0 Å². The van der Waals surface area contributed by atoms with Crippen LogP contribution in [0.5, 0.6) is 0 Å². The summed E-state index contributed by atoms with van der Waals surface area (Å²) in [6.07, 6.45) is 9.24. The van der Waals surface area contributed by atoms with Crippen molar-refractivity contribution in [3.8, 4) is 0 Å². The molecule has 0 saturated heterocycles. The third-order valence-electron chi connectivity index (χ3n) is 4.68. The van der Waals surface area contributed by atoms with Crippen LogP contribution in [0.3, 0.4) is 0 Å². The molecule has 0 atom stereocenters. The minimum Gasteiger partial charge on any atom is -0.310 e. The lowest BCUT2D eigenvalue weighted by atomic mass is 9.71. The number of hydrogen-bond donors (Lipinski definition) is 1. The van der Waals surface area contributed by atoms with E-state index < -0.39 is 0 Å². The summed E-state index contributed by atoms with van der Waals surface area (Å²) in [6.45, 7) is 10.3. The SMILES string of the molecule is Cc1ccncc1CNC1CCC(C(C)(C)C)CC1. The fourth-order valence-electron chi connectivity index (χ4n) is 3.10. The van der Waals surface area contributed by atoms with Gasteiger partial charge in [0.2, 0.25) is 0 Å². The van der Waals surface area contributed by atoms with E-state index in [1.54, 1.807) is 0 Å². The zero-order chi connectivity index (χ0) is 13.9. The molecular weight excluding hydrogens is 232 g/mol. The van der Waals surface area contributed by atoms with Crippen LogP contribution in [-0.2, 0) is 6.54 Å². The van der Waals surface area contributed by atoms with Crippen molar-refractivity contribution in [3.05, 3.63) is 29.6 Å². The second-order valence-corrected chi connectivity index (χ2v) is 7.10. The van der Waals surface area contributed by atoms with Gasteiger partial charge >= 0.3 is 0 Å². The van der Waals surface area contributed by atoms with Gasteiger partial charge in [0.25, 0.3) is 0 Å². The predicted molar refractivity (Wildman–Crippen MR) is 81.0 cm³/mol. The first-order chi connectivity index (χ1) is 8.97. The number of nitrogens with zero attached hydrogens (tertiary/aromatic N) is 1. The van der Waals surface area contributed by atoms with E-state index in [0.717, 1.165) is 12.5 Å². The molecule has 1 fully saturated rings. The zero-order valence-electron chi connectivity index (χ0n) is 12.9. The maximum absolute atomic E-state index is 4.21. The van der Waals surface area contributed by atoms with Crippen LogP contribution in [0.4, 0.5) is 0 Å². The summed E-state index contributed by atoms with van der Waals surface area (Å²) < 4.78 is 0. The molecule has 1 aromatic rings. The Hall–Kier alpha value is -0.890. The Kier molecular flexibility index (Phi) is 4.62. The van der Waals surface area contributed by atoms with Crippen LogP contribution in [0, 0.1) is 18.3 Å². The van der Waals surface area contributed by atoms with Crippen molar-refractivity contribution in [1.82, 2.24) is 10.3 Å². The summed E-state index contributed by atoms with van der Waals surface area (Å²) >= 11 is 0. The standard InChI is InChI=1S/C17H28N2/c1-13-9-10-18-11-14(13)12-19-16-7-5-15(6-8-16)17(2,3)4/h9-11,15-16,19H,5-8,12H2,1-4H3. The second kappa shape index (κ2) is 6.04. The number of rotatable bonds is 3. The highest BCUT2D eigenvalue weighted by molar-refractivity contribution is 5.21. The maximum Gasteiger partial charge on any atom is 0.0315 e. The van der Waals surface area contributed by atoms with Crippen molar-refractivity contribution in [2.24, 2.45) is 11.3 Å². The molecular formula is C17H28N2. The van der Waals surface area contributed by atoms with Gasteiger partial charge in [-0.25, -0.2) is 0 Å². The molecule has 106 valence electrons. The number of pyridine rings is 1. The molecule has 0 spiro atoms. The fourth-order valence-corrected chi connectivity index (χ4v) is 3.10. The van der Waals surface area contributed by atoms with Gasteiger partial charge in [-0.05, 0) is 61.1 Å². The van der Waals surface area contributed by atoms with Gasteiger partial charge in [0.05, 0.1) is 0 Å². The van der Waals surface area contributed by atoms with Crippen molar-refractivity contribution in [1.29, 1.82) is 0 Å². The van der Waals surface area contributed by atoms with Crippen molar-refractivity contribution >= 4 is 0 Å². The Morgan fingerprint density at radius 1 is 1.21 bits per heavy atom. The Balaban J connectivity index is 1.79. The topological polar surface area (TPSA) is 24.9 Å². The lowest BCUT2D eigenvalue weighted by Gasteiger charge is -2.37. The minimum absolute atomic E-state index is 0.477. The van der Waals surface area contributed by atoms with Gasteiger partial charge in [-0.2, -0.15) is 0 Å². The maximum atomic E-state index is 4.21. The molecule has 0 aromatic carbocycles. The molecule has 1 aliphatic rings. The van der Waals surface area contributed by atoms with Crippen LogP contribution in [0.15, 0.2) is 18.5 Å². The van der Waals surface area contributed by atoms with Crippen molar-refractivity contribution in [2.45, 2.75) is 66.0 Å². The first-order valence-corrected chi connectivity index (χ1v) is 7.59. The van der Waals surface area contributed by atoms with Gasteiger partial charge in [-0.1, -0.05) is 20.8 Å². The van der Waals surface area contributed by atoms with Gasteiger partial charge in [-0.3, -0.25) is 4.98 Å². The zero-order valence-corrected chi connectivity index (χ0v) is 12.9. The monoisotopic (exact) mass is 260 g/mol. The highest BCUT2D eigenvalue weighted by atomic mass is 14.9. The molecule has 1 N–H and O–H groups in total. The van der Waals surface area contributed by atoms with E-state index in [0.29, 0.717) is 11.5 Å². The average molecular weight is 260 g/mol. The third-order valence-corrected chi connectivity index (χ3v) is 4.68. The predicted octanol–water partition coefficient (Wildman–Crippen LogP) is 4.08. The first kappa shape index (κ1) is 14.5. The van der Waals surface area contributed by atoms with Crippen molar-refractivity contribution in [3.63, 3.8) is 0 Å². The van der Waals surface area contributed by atoms with Gasteiger partial charge in [0, 0.05) is 25.0 Å². The number of hydrogen-bond acceptors (Lipinski definition) is 2. The third kappa shape index (κ3) is 4.04. The molecule has 2 rings (SSSR count). The minimum atomic E-state index is 0.477. The van der Waals surface area contributed by atoms with Crippen LogP contribution >= 0.6 is 0 Å². The van der Waals surface area contributed by atoms with Gasteiger partial charge in [0.15, 0.2) is 0 Å². The van der Waals surface area contributed by atoms with Crippen LogP contribution < -0.4 is 5.32 Å². The molecule has 0 bridgehead atoms. The summed E-state index contributed by atoms with van der Waals surface area (Å²) in [5, 5.41) is 3.71. The molecule has 1 heterocycles. The molecule has 0 unspecified atom stereocenters. The molecule has 0 radical (unpaired) electrons. The van der Waals surface area contributed by atoms with E-state index in [2.05, 4.69) is 44.1 Å². The quantitative estimate of drug-likeness (QED) is 0.885. The molecule has 0 aliphatic heterocycles. The second-order valence-electron chi connectivity index (χ2n) is 7.10. The fraction of sp³-hybridized carbons (Fsp3) is 0.706. The normalized spacial score (nSPS) is 24.4. The van der Waals surface area contributed by atoms with Gasteiger partial charge in [0.1, 0.15) is 0 Å². The average Bonchev–Trinajstić information content (AvgIpc) is 2.37. The van der Waals surface area contributed by atoms with E-state index in [1.165, 1.54) is 36.8 Å². The van der Waals surface area contributed by atoms with E-state index >= 15 is 0 Å². The molecule has 19 heavy (non-hydrogen) atoms. The lowest BCUT2D eigenvalue weighted by Crippen LogP contribution is -2.36. The summed E-state index contributed by atoms with van der Waals surface area (Å²) in [5.74, 6) is 0.894. The Bertz CT molecular complexity index is 398. The summed E-state index contributed by atoms with van der Waals surface area (Å²) in [7, 11) is 0. The number of aryl methyl sites for hydroxylation is 1. The highest BCUT2D eigenvalue weighted by Crippen LogP contribution is 2.37. The van der Waals surface area contributed by atoms with E-state index in [-0.39, 0.29) is 0 Å².